The molecule has 2 aliphatic heterocycles. The van der Waals surface area contributed by atoms with Crippen LogP contribution in [0.15, 0.2) is 139 Å². The fourth-order valence-corrected chi connectivity index (χ4v) is 10.9. The third-order valence-electron chi connectivity index (χ3n) is 8.88. The summed E-state index contributed by atoms with van der Waals surface area (Å²) >= 11 is 0. The van der Waals surface area contributed by atoms with Gasteiger partial charge in [-0.15, -0.1) is 0 Å². The lowest BCUT2D eigenvalue weighted by Crippen LogP contribution is -2.21. The predicted molar refractivity (Wildman–Crippen MR) is 205 cm³/mol. The number of rotatable bonds is 6. The summed E-state index contributed by atoms with van der Waals surface area (Å²) < 4.78 is 50.7. The summed E-state index contributed by atoms with van der Waals surface area (Å²) in [5, 5.41) is 5.22. The second-order valence-corrected chi connectivity index (χ2v) is 15.8. The molecule has 0 fully saturated rings. The van der Waals surface area contributed by atoms with Gasteiger partial charge in [0.05, 0.1) is 23.8 Å². The molecule has 6 aromatic rings. The number of benzene rings is 6. The van der Waals surface area contributed by atoms with Gasteiger partial charge >= 0.3 is 15.2 Å². The first-order valence-corrected chi connectivity index (χ1v) is 19.8. The molecule has 252 valence electrons. The Balaban J connectivity index is 0.000000157. The molecule has 2 unspecified atom stereocenters. The highest BCUT2D eigenvalue weighted by molar-refractivity contribution is 7.63. The third-order valence-corrected chi connectivity index (χ3v) is 13.1. The SMILES string of the molecule is CCOP1(=O)OC(C)=C(c2ccccc2)c2ccc3ccccc3c21.CCOP1(=O)OC(c2ccccc2)=C(C)c2ccc3ccccc3c21. The van der Waals surface area contributed by atoms with Crippen molar-refractivity contribution < 1.29 is 27.2 Å². The number of hydrogen-bond donors (Lipinski definition) is 0. The molecule has 0 radical (unpaired) electrons. The van der Waals surface area contributed by atoms with Gasteiger partial charge in [0, 0.05) is 22.3 Å². The monoisotopic (exact) mass is 700 g/mol. The van der Waals surface area contributed by atoms with Crippen LogP contribution in [0.1, 0.15) is 49.9 Å². The molecule has 0 aromatic heterocycles. The molecule has 50 heavy (non-hydrogen) atoms. The van der Waals surface area contributed by atoms with Crippen molar-refractivity contribution >= 4 is 64.3 Å². The van der Waals surface area contributed by atoms with Gasteiger partial charge in [0.25, 0.3) is 0 Å². The summed E-state index contributed by atoms with van der Waals surface area (Å²) in [6, 6.07) is 43.8. The van der Waals surface area contributed by atoms with E-state index in [1.807, 2.05) is 149 Å². The van der Waals surface area contributed by atoms with Crippen molar-refractivity contribution in [2.75, 3.05) is 13.2 Å². The highest BCUT2D eigenvalue weighted by Crippen LogP contribution is 2.58. The largest absolute Gasteiger partial charge is 0.425 e. The molecule has 0 spiro atoms. The number of fused-ring (bicyclic) bond motifs is 6. The van der Waals surface area contributed by atoms with E-state index in [0.717, 1.165) is 54.9 Å². The Hall–Kier alpha value is -4.70. The average Bonchev–Trinajstić information content (AvgIpc) is 3.14. The zero-order valence-corrected chi connectivity index (χ0v) is 30.2. The second-order valence-electron chi connectivity index (χ2n) is 12.0. The maximum absolute atomic E-state index is 13.7. The van der Waals surface area contributed by atoms with Crippen molar-refractivity contribution in [2.45, 2.75) is 27.7 Å². The van der Waals surface area contributed by atoms with E-state index < -0.39 is 15.2 Å². The summed E-state index contributed by atoms with van der Waals surface area (Å²) in [6.07, 6.45) is 0. The van der Waals surface area contributed by atoms with Crippen LogP contribution in [0.4, 0.5) is 0 Å². The lowest BCUT2D eigenvalue weighted by molar-refractivity contribution is 0.260. The Morgan fingerprint density at radius 3 is 1.54 bits per heavy atom. The van der Waals surface area contributed by atoms with Crippen molar-refractivity contribution in [2.24, 2.45) is 0 Å². The minimum Gasteiger partial charge on any atom is -0.425 e. The van der Waals surface area contributed by atoms with E-state index in [2.05, 4.69) is 12.1 Å². The average molecular weight is 701 g/mol. The first-order valence-electron chi connectivity index (χ1n) is 16.7. The van der Waals surface area contributed by atoms with E-state index in [9.17, 15) is 9.13 Å². The van der Waals surface area contributed by atoms with Crippen LogP contribution in [0.5, 0.6) is 0 Å². The fourth-order valence-electron chi connectivity index (χ4n) is 6.77. The Morgan fingerprint density at radius 2 is 0.980 bits per heavy atom. The Labute approximate surface area is 293 Å². The first kappa shape index (κ1) is 33.8. The number of allylic oxidation sites excluding steroid dienone is 2. The van der Waals surface area contributed by atoms with Crippen LogP contribution in [0, 0.1) is 0 Å². The van der Waals surface area contributed by atoms with Gasteiger partial charge in [-0.2, -0.15) is 0 Å². The first-order chi connectivity index (χ1) is 24.3. The fraction of sp³-hybridized carbons (Fsp3) is 0.143. The van der Waals surface area contributed by atoms with E-state index in [4.69, 9.17) is 18.1 Å². The lowest BCUT2D eigenvalue weighted by atomic mass is 9.94. The molecule has 6 aromatic carbocycles. The molecule has 0 saturated carbocycles. The third kappa shape index (κ3) is 6.04. The van der Waals surface area contributed by atoms with Gasteiger partial charge in [0.2, 0.25) is 0 Å². The molecule has 2 aliphatic rings. The standard InChI is InChI=1S/2C21H19O3P/c1-3-23-25(22)21-18(14-13-16-9-7-8-12-19(16)21)15(2)20(24-25)17-10-5-4-6-11-17;1-3-23-25(22)21-18-12-8-7-9-16(18)13-14-19(21)20(15(2)24-25)17-10-5-4-6-11-17/h2*4-14H,3H2,1-2H3. The van der Waals surface area contributed by atoms with E-state index in [1.165, 1.54) is 0 Å². The zero-order chi connectivity index (χ0) is 34.9. The minimum absolute atomic E-state index is 0.320. The Morgan fingerprint density at radius 1 is 0.520 bits per heavy atom. The van der Waals surface area contributed by atoms with Crippen LogP contribution in [-0.2, 0) is 27.2 Å². The maximum Gasteiger partial charge on any atom is 0.412 e. The van der Waals surface area contributed by atoms with Crippen molar-refractivity contribution in [3.63, 3.8) is 0 Å². The minimum atomic E-state index is -3.47. The second kappa shape index (κ2) is 13.9. The van der Waals surface area contributed by atoms with Crippen LogP contribution >= 0.6 is 15.2 Å². The summed E-state index contributed by atoms with van der Waals surface area (Å²) in [6.45, 7) is 8.17. The molecule has 2 atom stereocenters. The summed E-state index contributed by atoms with van der Waals surface area (Å²) in [5.74, 6) is 1.26. The zero-order valence-electron chi connectivity index (χ0n) is 28.5. The molecule has 0 bridgehead atoms. The molecule has 2 heterocycles. The highest BCUT2D eigenvalue weighted by atomic mass is 31.2. The van der Waals surface area contributed by atoms with Crippen LogP contribution in [-0.4, -0.2) is 13.2 Å². The van der Waals surface area contributed by atoms with Crippen LogP contribution < -0.4 is 10.6 Å². The summed E-state index contributed by atoms with van der Waals surface area (Å²) in [5.41, 5.74) is 5.73. The van der Waals surface area contributed by atoms with Gasteiger partial charge < -0.3 is 9.05 Å². The van der Waals surface area contributed by atoms with E-state index in [-0.39, 0.29) is 0 Å². The molecule has 0 N–H and O–H groups in total. The van der Waals surface area contributed by atoms with Crippen LogP contribution in [0.2, 0.25) is 0 Å². The molecular formula is C42H38O6P2. The van der Waals surface area contributed by atoms with E-state index >= 15 is 0 Å². The smallest absolute Gasteiger partial charge is 0.412 e. The van der Waals surface area contributed by atoms with Gasteiger partial charge in [0.15, 0.2) is 0 Å². The molecular weight excluding hydrogens is 662 g/mol. The molecule has 0 saturated heterocycles. The van der Waals surface area contributed by atoms with Crippen LogP contribution in [0.25, 0.3) is 38.5 Å². The Kier molecular flexibility index (Phi) is 9.39. The summed E-state index contributed by atoms with van der Waals surface area (Å²) in [4.78, 5) is 0. The number of hydrogen-bond acceptors (Lipinski definition) is 6. The normalized spacial score (nSPS) is 19.6. The molecule has 8 rings (SSSR count). The van der Waals surface area contributed by atoms with Crippen molar-refractivity contribution in [1.29, 1.82) is 0 Å². The van der Waals surface area contributed by atoms with Gasteiger partial charge in [0.1, 0.15) is 11.5 Å². The van der Waals surface area contributed by atoms with Gasteiger partial charge in [-0.3, -0.25) is 9.05 Å². The topological polar surface area (TPSA) is 71.1 Å². The van der Waals surface area contributed by atoms with Crippen molar-refractivity contribution in [1.82, 2.24) is 0 Å². The molecule has 0 amide bonds. The van der Waals surface area contributed by atoms with Crippen molar-refractivity contribution in [3.05, 3.63) is 161 Å². The quantitative estimate of drug-likeness (QED) is 0.161. The molecule has 8 heteroatoms. The van der Waals surface area contributed by atoms with Crippen molar-refractivity contribution in [3.8, 4) is 0 Å². The Bertz CT molecular complexity index is 2380. The predicted octanol–water partition coefficient (Wildman–Crippen LogP) is 11.1. The highest BCUT2D eigenvalue weighted by Gasteiger charge is 2.40. The molecule has 0 aliphatic carbocycles. The lowest BCUT2D eigenvalue weighted by Gasteiger charge is -2.30. The molecule has 6 nitrogen and oxygen atoms in total. The van der Waals surface area contributed by atoms with E-state index in [0.29, 0.717) is 35.3 Å². The van der Waals surface area contributed by atoms with E-state index in [1.54, 1.807) is 0 Å². The van der Waals surface area contributed by atoms with Gasteiger partial charge in [-0.1, -0.05) is 133 Å². The summed E-state index contributed by atoms with van der Waals surface area (Å²) in [7, 11) is -6.89. The van der Waals surface area contributed by atoms with Gasteiger partial charge in [-0.05, 0) is 60.4 Å². The maximum atomic E-state index is 13.7. The van der Waals surface area contributed by atoms with Gasteiger partial charge in [-0.25, -0.2) is 9.13 Å². The van der Waals surface area contributed by atoms with Crippen LogP contribution in [0.3, 0.4) is 0 Å².